The van der Waals surface area contributed by atoms with Crippen LogP contribution in [-0.4, -0.2) is 45.2 Å². The molecule has 9 heteroatoms. The summed E-state index contributed by atoms with van der Waals surface area (Å²) in [5.41, 5.74) is 1.12. The number of methoxy groups -OCH3 is 2. The van der Waals surface area contributed by atoms with E-state index in [2.05, 4.69) is 0 Å². The van der Waals surface area contributed by atoms with Gasteiger partial charge in [0.25, 0.3) is 5.56 Å². The van der Waals surface area contributed by atoms with Crippen molar-refractivity contribution in [2.75, 3.05) is 14.2 Å². The lowest BCUT2D eigenvalue weighted by atomic mass is 9.88. The number of rotatable bonds is 8. The van der Waals surface area contributed by atoms with Gasteiger partial charge >= 0.3 is 5.97 Å². The number of aromatic hydroxyl groups is 4. The molecule has 34 heavy (non-hydrogen) atoms. The Morgan fingerprint density at radius 3 is 2.29 bits per heavy atom. The van der Waals surface area contributed by atoms with Gasteiger partial charge in [0.1, 0.15) is 5.75 Å². The second-order valence-corrected chi connectivity index (χ2v) is 7.88. The Kier molecular flexibility index (Phi) is 7.35. The number of hydrogen-bond donors (Lipinski definition) is 4. The molecule has 0 unspecified atom stereocenters. The maximum absolute atomic E-state index is 13.5. The molecule has 3 rings (SSSR count). The third kappa shape index (κ3) is 5.09. The molecule has 0 radical (unpaired) electrons. The number of ether oxygens (including phenoxy) is 2. The van der Waals surface area contributed by atoms with Crippen molar-refractivity contribution in [2.45, 2.75) is 32.2 Å². The van der Waals surface area contributed by atoms with Crippen LogP contribution in [0.5, 0.6) is 28.7 Å². The summed E-state index contributed by atoms with van der Waals surface area (Å²) >= 11 is 0. The standard InChI is InChI=1S/C25H27NO8/c1-14-10-21(30)24(25(32)26(14)9-8-15-4-6-18(27)19(28)11-15)17(13-23(31)34-3)16-5-7-22(33-2)20(29)12-16/h4-7,10-12,17,27-30H,8-9,13H2,1-3H3/t17-/m0/s1. The van der Waals surface area contributed by atoms with E-state index < -0.39 is 17.4 Å². The Morgan fingerprint density at radius 2 is 1.68 bits per heavy atom. The van der Waals surface area contributed by atoms with E-state index in [0.717, 1.165) is 0 Å². The van der Waals surface area contributed by atoms with Crippen LogP contribution >= 0.6 is 0 Å². The molecule has 0 saturated heterocycles. The molecular formula is C25H27NO8. The van der Waals surface area contributed by atoms with Gasteiger partial charge in [-0.2, -0.15) is 0 Å². The van der Waals surface area contributed by atoms with Gasteiger partial charge in [-0.1, -0.05) is 12.1 Å². The van der Waals surface area contributed by atoms with E-state index in [1.54, 1.807) is 19.1 Å². The van der Waals surface area contributed by atoms with E-state index in [4.69, 9.17) is 9.47 Å². The fourth-order valence-corrected chi connectivity index (χ4v) is 3.90. The number of benzene rings is 2. The van der Waals surface area contributed by atoms with E-state index in [0.29, 0.717) is 23.2 Å². The zero-order valence-corrected chi connectivity index (χ0v) is 19.1. The van der Waals surface area contributed by atoms with Crippen molar-refractivity contribution >= 4 is 5.97 Å². The molecule has 0 fully saturated rings. The van der Waals surface area contributed by atoms with Crippen LogP contribution in [0.3, 0.4) is 0 Å². The molecule has 0 saturated carbocycles. The summed E-state index contributed by atoms with van der Waals surface area (Å²) in [4.78, 5) is 25.7. The number of nitrogens with zero attached hydrogens (tertiary/aromatic N) is 1. The minimum Gasteiger partial charge on any atom is -0.507 e. The van der Waals surface area contributed by atoms with E-state index in [-0.39, 0.29) is 47.3 Å². The second kappa shape index (κ2) is 10.2. The number of hydrogen-bond acceptors (Lipinski definition) is 8. The van der Waals surface area contributed by atoms with Crippen LogP contribution in [0.15, 0.2) is 47.3 Å². The minimum absolute atomic E-state index is 0.00544. The quantitative estimate of drug-likeness (QED) is 0.292. The molecule has 0 aliphatic carbocycles. The van der Waals surface area contributed by atoms with Gasteiger partial charge in [0.2, 0.25) is 0 Å². The molecule has 9 nitrogen and oxygen atoms in total. The third-order valence-corrected chi connectivity index (χ3v) is 5.74. The maximum atomic E-state index is 13.5. The summed E-state index contributed by atoms with van der Waals surface area (Å²) in [6.07, 6.45) is 0.129. The molecule has 0 spiro atoms. The molecule has 1 aromatic heterocycles. The number of aromatic nitrogens is 1. The lowest BCUT2D eigenvalue weighted by molar-refractivity contribution is -0.140. The van der Waals surface area contributed by atoms with Crippen molar-refractivity contribution in [3.63, 3.8) is 0 Å². The molecule has 1 atom stereocenters. The van der Waals surface area contributed by atoms with Crippen molar-refractivity contribution in [1.29, 1.82) is 0 Å². The number of carbonyl (C=O) groups is 1. The first-order chi connectivity index (χ1) is 16.2. The SMILES string of the molecule is COC(=O)C[C@@H](c1ccc(OC)c(O)c1)c1c(O)cc(C)n(CCc2ccc(O)c(O)c2)c1=O. The highest BCUT2D eigenvalue weighted by Crippen LogP contribution is 2.36. The number of phenolic OH excluding ortho intramolecular Hbond substituents is 3. The summed E-state index contributed by atoms with van der Waals surface area (Å²) in [6.45, 7) is 1.90. The summed E-state index contributed by atoms with van der Waals surface area (Å²) in [5.74, 6) is -2.20. The summed E-state index contributed by atoms with van der Waals surface area (Å²) in [5, 5.41) is 40.2. The molecule has 0 amide bonds. The monoisotopic (exact) mass is 469 g/mol. The molecule has 3 aromatic rings. The molecule has 1 heterocycles. The molecule has 2 aromatic carbocycles. The lowest BCUT2D eigenvalue weighted by Gasteiger charge is -2.21. The fourth-order valence-electron chi connectivity index (χ4n) is 3.90. The second-order valence-electron chi connectivity index (χ2n) is 7.88. The van der Waals surface area contributed by atoms with Crippen molar-refractivity contribution in [3.05, 3.63) is 75.2 Å². The van der Waals surface area contributed by atoms with Gasteiger partial charge in [-0.3, -0.25) is 9.59 Å². The van der Waals surface area contributed by atoms with Gasteiger partial charge in [-0.05, 0) is 54.8 Å². The number of aryl methyl sites for hydroxylation is 2. The van der Waals surface area contributed by atoms with E-state index >= 15 is 0 Å². The van der Waals surface area contributed by atoms with Gasteiger partial charge in [0.15, 0.2) is 23.0 Å². The minimum atomic E-state index is -0.888. The van der Waals surface area contributed by atoms with Gasteiger partial charge in [0.05, 0.1) is 26.2 Å². The third-order valence-electron chi connectivity index (χ3n) is 5.74. The predicted octanol–water partition coefficient (Wildman–Crippen LogP) is 2.93. The Hall–Kier alpha value is -4.14. The van der Waals surface area contributed by atoms with E-state index in [1.807, 2.05) is 0 Å². The maximum Gasteiger partial charge on any atom is 0.306 e. The van der Waals surface area contributed by atoms with Gasteiger partial charge < -0.3 is 34.5 Å². The highest BCUT2D eigenvalue weighted by molar-refractivity contribution is 5.71. The van der Waals surface area contributed by atoms with Crippen LogP contribution in [-0.2, 0) is 22.5 Å². The Bertz CT molecular complexity index is 1260. The van der Waals surface area contributed by atoms with Crippen LogP contribution in [0.1, 0.15) is 34.7 Å². The van der Waals surface area contributed by atoms with E-state index in [1.165, 1.54) is 49.1 Å². The normalized spacial score (nSPS) is 11.7. The Labute approximate surface area is 196 Å². The smallest absolute Gasteiger partial charge is 0.306 e. The average molecular weight is 469 g/mol. The van der Waals surface area contributed by atoms with Gasteiger partial charge in [-0.15, -0.1) is 0 Å². The molecular weight excluding hydrogens is 442 g/mol. The molecule has 0 bridgehead atoms. The lowest BCUT2D eigenvalue weighted by Crippen LogP contribution is -2.29. The molecule has 4 N–H and O–H groups in total. The number of carbonyl (C=O) groups excluding carboxylic acids is 1. The van der Waals surface area contributed by atoms with Crippen molar-refractivity contribution in [2.24, 2.45) is 0 Å². The van der Waals surface area contributed by atoms with Gasteiger partial charge in [0, 0.05) is 18.2 Å². The molecule has 180 valence electrons. The van der Waals surface area contributed by atoms with Crippen molar-refractivity contribution in [1.82, 2.24) is 4.57 Å². The largest absolute Gasteiger partial charge is 0.507 e. The summed E-state index contributed by atoms with van der Waals surface area (Å²) < 4.78 is 11.3. The highest BCUT2D eigenvalue weighted by atomic mass is 16.5. The van der Waals surface area contributed by atoms with Crippen molar-refractivity contribution in [3.8, 4) is 28.7 Å². The fraction of sp³-hybridized carbons (Fsp3) is 0.280. The highest BCUT2D eigenvalue weighted by Gasteiger charge is 2.27. The van der Waals surface area contributed by atoms with Gasteiger partial charge in [-0.25, -0.2) is 0 Å². The van der Waals surface area contributed by atoms with Crippen molar-refractivity contribution < 1.29 is 34.7 Å². The number of phenols is 3. The Morgan fingerprint density at radius 1 is 0.941 bits per heavy atom. The first kappa shape index (κ1) is 24.5. The van der Waals surface area contributed by atoms with Crippen LogP contribution in [0, 0.1) is 6.92 Å². The topological polar surface area (TPSA) is 138 Å². The Balaban J connectivity index is 2.06. The van der Waals surface area contributed by atoms with Crippen LogP contribution in [0.25, 0.3) is 0 Å². The first-order valence-electron chi connectivity index (χ1n) is 10.5. The average Bonchev–Trinajstić information content (AvgIpc) is 2.80. The molecule has 0 aliphatic heterocycles. The zero-order chi connectivity index (χ0) is 25.0. The summed E-state index contributed by atoms with van der Waals surface area (Å²) in [7, 11) is 2.63. The first-order valence-corrected chi connectivity index (χ1v) is 10.5. The van der Waals surface area contributed by atoms with E-state index in [9.17, 15) is 30.0 Å². The number of pyridine rings is 1. The predicted molar refractivity (Wildman–Crippen MR) is 124 cm³/mol. The number of esters is 1. The van der Waals surface area contributed by atoms with Crippen LogP contribution in [0.2, 0.25) is 0 Å². The zero-order valence-electron chi connectivity index (χ0n) is 19.1. The molecule has 0 aliphatic rings. The van der Waals surface area contributed by atoms with Crippen LogP contribution < -0.4 is 10.3 Å². The summed E-state index contributed by atoms with van der Waals surface area (Å²) in [6, 6.07) is 10.4. The van der Waals surface area contributed by atoms with Crippen LogP contribution in [0.4, 0.5) is 0 Å².